The summed E-state index contributed by atoms with van der Waals surface area (Å²) in [5.74, 6) is 2.05. The van der Waals surface area contributed by atoms with Gasteiger partial charge in [-0.2, -0.15) is 0 Å². The molecule has 1 heterocycles. The van der Waals surface area contributed by atoms with Crippen molar-refractivity contribution in [1.29, 1.82) is 0 Å². The first kappa shape index (κ1) is 12.4. The van der Waals surface area contributed by atoms with Crippen LogP contribution in [0, 0.1) is 6.92 Å². The lowest BCUT2D eigenvalue weighted by Gasteiger charge is -2.09. The second-order valence-electron chi connectivity index (χ2n) is 3.85. The zero-order valence-electron chi connectivity index (χ0n) is 10.7. The Hall–Kier alpha value is -2.01. The first-order valence-corrected chi connectivity index (χ1v) is 5.58. The fourth-order valence-corrected chi connectivity index (χ4v) is 1.83. The molecule has 0 radical (unpaired) electrons. The molecule has 5 nitrogen and oxygen atoms in total. The molecular formula is C13H16N2O3. The number of aromatic nitrogens is 1. The first-order chi connectivity index (χ1) is 8.71. The molecule has 5 heteroatoms. The molecule has 0 aliphatic heterocycles. The largest absolute Gasteiger partial charge is 0.497 e. The Morgan fingerprint density at radius 2 is 2.06 bits per heavy atom. The van der Waals surface area contributed by atoms with Crippen LogP contribution in [0.15, 0.2) is 22.7 Å². The smallest absolute Gasteiger partial charge is 0.175 e. The Morgan fingerprint density at radius 3 is 2.67 bits per heavy atom. The molecule has 1 aromatic carbocycles. The zero-order valence-corrected chi connectivity index (χ0v) is 10.7. The molecule has 0 saturated heterocycles. The van der Waals surface area contributed by atoms with Crippen LogP contribution in [-0.4, -0.2) is 19.4 Å². The van der Waals surface area contributed by atoms with E-state index < -0.39 is 0 Å². The van der Waals surface area contributed by atoms with Crippen molar-refractivity contribution in [3.05, 3.63) is 29.5 Å². The second-order valence-corrected chi connectivity index (χ2v) is 3.85. The van der Waals surface area contributed by atoms with Gasteiger partial charge in [0.15, 0.2) is 5.76 Å². The van der Waals surface area contributed by atoms with E-state index in [-0.39, 0.29) is 0 Å². The minimum Gasteiger partial charge on any atom is -0.497 e. The highest BCUT2D eigenvalue weighted by Gasteiger charge is 2.18. The van der Waals surface area contributed by atoms with E-state index in [1.54, 1.807) is 14.2 Å². The van der Waals surface area contributed by atoms with Crippen molar-refractivity contribution in [3.63, 3.8) is 0 Å². The Kier molecular flexibility index (Phi) is 3.53. The maximum Gasteiger partial charge on any atom is 0.175 e. The molecule has 0 aliphatic carbocycles. The van der Waals surface area contributed by atoms with Crippen molar-refractivity contribution < 1.29 is 14.0 Å². The Labute approximate surface area is 105 Å². The van der Waals surface area contributed by atoms with Crippen LogP contribution in [-0.2, 0) is 6.54 Å². The fourth-order valence-electron chi connectivity index (χ4n) is 1.83. The molecule has 0 fully saturated rings. The second kappa shape index (κ2) is 5.10. The van der Waals surface area contributed by atoms with Crippen LogP contribution >= 0.6 is 0 Å². The van der Waals surface area contributed by atoms with Gasteiger partial charge in [-0.15, -0.1) is 0 Å². The van der Waals surface area contributed by atoms with Crippen LogP contribution in [0.4, 0.5) is 0 Å². The molecule has 2 N–H and O–H groups in total. The molecule has 0 saturated carbocycles. The highest BCUT2D eigenvalue weighted by molar-refractivity contribution is 5.70. The van der Waals surface area contributed by atoms with Crippen LogP contribution in [0.2, 0.25) is 0 Å². The van der Waals surface area contributed by atoms with Crippen LogP contribution in [0.1, 0.15) is 11.3 Å². The van der Waals surface area contributed by atoms with Gasteiger partial charge in [-0.05, 0) is 25.1 Å². The summed E-state index contributed by atoms with van der Waals surface area (Å²) >= 11 is 0. The summed E-state index contributed by atoms with van der Waals surface area (Å²) in [4.78, 5) is 0. The van der Waals surface area contributed by atoms with Crippen LogP contribution < -0.4 is 15.2 Å². The van der Waals surface area contributed by atoms with Crippen molar-refractivity contribution in [2.75, 3.05) is 14.2 Å². The Bertz CT molecular complexity index is 549. The number of nitrogens with two attached hydrogens (primary N) is 1. The molecular weight excluding hydrogens is 232 g/mol. The SMILES string of the molecule is COc1ccc(OC)c(-c2onc(C)c2CN)c1. The van der Waals surface area contributed by atoms with E-state index >= 15 is 0 Å². The molecule has 0 spiro atoms. The normalized spacial score (nSPS) is 10.4. The van der Waals surface area contributed by atoms with Gasteiger partial charge in [0.2, 0.25) is 0 Å². The molecule has 18 heavy (non-hydrogen) atoms. The van der Waals surface area contributed by atoms with Gasteiger partial charge in [0.25, 0.3) is 0 Å². The van der Waals surface area contributed by atoms with Crippen molar-refractivity contribution >= 4 is 0 Å². The number of hydrogen-bond donors (Lipinski definition) is 1. The topological polar surface area (TPSA) is 70.5 Å². The highest BCUT2D eigenvalue weighted by atomic mass is 16.5. The van der Waals surface area contributed by atoms with E-state index in [1.807, 2.05) is 25.1 Å². The summed E-state index contributed by atoms with van der Waals surface area (Å²) in [6.07, 6.45) is 0. The minimum absolute atomic E-state index is 0.366. The summed E-state index contributed by atoms with van der Waals surface area (Å²) in [5, 5.41) is 3.94. The average Bonchev–Trinajstić information content (AvgIpc) is 2.78. The summed E-state index contributed by atoms with van der Waals surface area (Å²) in [6, 6.07) is 5.50. The lowest BCUT2D eigenvalue weighted by Crippen LogP contribution is -1.99. The minimum atomic E-state index is 0.366. The summed E-state index contributed by atoms with van der Waals surface area (Å²) in [6.45, 7) is 2.23. The van der Waals surface area contributed by atoms with Gasteiger partial charge in [-0.1, -0.05) is 5.16 Å². The predicted molar refractivity (Wildman–Crippen MR) is 67.7 cm³/mol. The number of nitrogens with zero attached hydrogens (tertiary/aromatic N) is 1. The fraction of sp³-hybridized carbons (Fsp3) is 0.308. The van der Waals surface area contributed by atoms with Gasteiger partial charge in [-0.25, -0.2) is 0 Å². The third-order valence-electron chi connectivity index (χ3n) is 2.84. The molecule has 2 aromatic rings. The van der Waals surface area contributed by atoms with Crippen molar-refractivity contribution in [2.24, 2.45) is 5.73 Å². The molecule has 0 atom stereocenters. The van der Waals surface area contributed by atoms with Gasteiger partial charge >= 0.3 is 0 Å². The van der Waals surface area contributed by atoms with Gasteiger partial charge in [-0.3, -0.25) is 0 Å². The lowest BCUT2D eigenvalue weighted by atomic mass is 10.1. The Balaban J connectivity index is 2.60. The molecule has 1 aromatic heterocycles. The van der Waals surface area contributed by atoms with Gasteiger partial charge in [0.1, 0.15) is 11.5 Å². The number of methoxy groups -OCH3 is 2. The van der Waals surface area contributed by atoms with E-state index in [4.69, 9.17) is 19.7 Å². The highest BCUT2D eigenvalue weighted by Crippen LogP contribution is 2.36. The number of hydrogen-bond acceptors (Lipinski definition) is 5. The van der Waals surface area contributed by atoms with Gasteiger partial charge in [0.05, 0.1) is 25.5 Å². The molecule has 0 aliphatic rings. The van der Waals surface area contributed by atoms with E-state index in [0.29, 0.717) is 18.1 Å². The third-order valence-corrected chi connectivity index (χ3v) is 2.84. The van der Waals surface area contributed by atoms with Crippen molar-refractivity contribution in [2.45, 2.75) is 13.5 Å². The van der Waals surface area contributed by atoms with E-state index in [1.165, 1.54) is 0 Å². The quantitative estimate of drug-likeness (QED) is 0.897. The van der Waals surface area contributed by atoms with Gasteiger partial charge in [0, 0.05) is 12.1 Å². The standard InChI is InChI=1S/C13H16N2O3/c1-8-11(7-14)13(18-15-8)10-6-9(16-2)4-5-12(10)17-3/h4-6H,7,14H2,1-3H3. The average molecular weight is 248 g/mol. The maximum absolute atomic E-state index is 5.72. The zero-order chi connectivity index (χ0) is 13.1. The van der Waals surface area contributed by atoms with Crippen LogP contribution in [0.3, 0.4) is 0 Å². The van der Waals surface area contributed by atoms with Crippen molar-refractivity contribution in [3.8, 4) is 22.8 Å². The number of aryl methyl sites for hydroxylation is 1. The summed E-state index contributed by atoms with van der Waals surface area (Å²) < 4.78 is 15.9. The third kappa shape index (κ3) is 2.04. The van der Waals surface area contributed by atoms with Crippen LogP contribution in [0.5, 0.6) is 11.5 Å². The Morgan fingerprint density at radius 1 is 1.28 bits per heavy atom. The summed E-state index contributed by atoms with van der Waals surface area (Å²) in [5.41, 5.74) is 8.18. The number of ether oxygens (including phenoxy) is 2. The maximum atomic E-state index is 5.72. The molecule has 2 rings (SSSR count). The number of benzene rings is 1. The van der Waals surface area contributed by atoms with Crippen molar-refractivity contribution in [1.82, 2.24) is 5.16 Å². The molecule has 0 bridgehead atoms. The van der Waals surface area contributed by atoms with Crippen LogP contribution in [0.25, 0.3) is 11.3 Å². The molecule has 0 amide bonds. The number of rotatable bonds is 4. The lowest BCUT2D eigenvalue weighted by molar-refractivity contribution is 0.396. The van der Waals surface area contributed by atoms with E-state index in [0.717, 1.165) is 22.6 Å². The molecule has 96 valence electrons. The molecule has 0 unspecified atom stereocenters. The predicted octanol–water partition coefficient (Wildman–Crippen LogP) is 2.13. The van der Waals surface area contributed by atoms with E-state index in [9.17, 15) is 0 Å². The van der Waals surface area contributed by atoms with Gasteiger partial charge < -0.3 is 19.7 Å². The monoisotopic (exact) mass is 248 g/mol. The summed E-state index contributed by atoms with van der Waals surface area (Å²) in [7, 11) is 3.22. The first-order valence-electron chi connectivity index (χ1n) is 5.58. The van der Waals surface area contributed by atoms with E-state index in [2.05, 4.69) is 5.16 Å².